The molecule has 88 valence electrons. The number of carboxylic acids is 1. The Morgan fingerprint density at radius 1 is 1.25 bits per heavy atom. The number of carboxylic acid groups (broad SMARTS) is 1. The second kappa shape index (κ2) is 6.43. The highest BCUT2D eigenvalue weighted by molar-refractivity contribution is 7.14. The Kier molecular flexibility index (Phi) is 5.19. The van der Waals surface area contributed by atoms with Gasteiger partial charge in [-0.05, 0) is 31.4 Å². The molecule has 16 heavy (non-hydrogen) atoms. The summed E-state index contributed by atoms with van der Waals surface area (Å²) in [5, 5.41) is 8.45. The van der Waals surface area contributed by atoms with Crippen LogP contribution in [0.3, 0.4) is 0 Å². The fourth-order valence-corrected chi connectivity index (χ4v) is 2.32. The highest BCUT2D eigenvalue weighted by atomic mass is 32.1. The number of thiophene rings is 1. The zero-order valence-corrected chi connectivity index (χ0v) is 10.2. The summed E-state index contributed by atoms with van der Waals surface area (Å²) in [5.41, 5.74) is 0. The number of aryl methyl sites for hydroxylation is 1. The van der Waals surface area contributed by atoms with E-state index in [1.807, 2.05) is 12.1 Å². The van der Waals surface area contributed by atoms with E-state index < -0.39 is 5.97 Å². The van der Waals surface area contributed by atoms with Gasteiger partial charge in [0.2, 0.25) is 0 Å². The molecule has 0 unspecified atom stereocenters. The maximum Gasteiger partial charge on any atom is 0.303 e. The van der Waals surface area contributed by atoms with Gasteiger partial charge in [0.1, 0.15) is 0 Å². The molecule has 0 radical (unpaired) electrons. The second-order valence-corrected chi connectivity index (χ2v) is 4.81. The molecule has 0 saturated carbocycles. The van der Waals surface area contributed by atoms with E-state index in [2.05, 4.69) is 6.92 Å². The van der Waals surface area contributed by atoms with E-state index in [0.717, 1.165) is 11.3 Å². The molecule has 0 bridgehead atoms. The third-order valence-electron chi connectivity index (χ3n) is 2.33. The number of unbranched alkanes of at least 4 members (excludes halogenated alkanes) is 1. The van der Waals surface area contributed by atoms with Crippen molar-refractivity contribution in [3.05, 3.63) is 21.9 Å². The molecule has 1 heterocycles. The van der Waals surface area contributed by atoms with E-state index in [-0.39, 0.29) is 12.2 Å². The smallest absolute Gasteiger partial charge is 0.303 e. The maximum absolute atomic E-state index is 11.7. The highest BCUT2D eigenvalue weighted by Gasteiger charge is 2.08. The van der Waals surface area contributed by atoms with Crippen LogP contribution in [0.1, 0.15) is 47.2 Å². The predicted octanol–water partition coefficient (Wildman–Crippen LogP) is 3.14. The van der Waals surface area contributed by atoms with Crippen molar-refractivity contribution in [1.82, 2.24) is 0 Å². The molecule has 0 atom stereocenters. The first kappa shape index (κ1) is 12.9. The number of hydrogen-bond donors (Lipinski definition) is 1. The van der Waals surface area contributed by atoms with E-state index >= 15 is 0 Å². The molecule has 0 aromatic carbocycles. The zero-order valence-electron chi connectivity index (χ0n) is 9.36. The quantitative estimate of drug-likeness (QED) is 0.588. The molecule has 1 aromatic heterocycles. The number of ketones is 1. The van der Waals surface area contributed by atoms with Crippen molar-refractivity contribution < 1.29 is 14.7 Å². The van der Waals surface area contributed by atoms with Crippen molar-refractivity contribution >= 4 is 23.1 Å². The summed E-state index contributed by atoms with van der Waals surface area (Å²) in [7, 11) is 0. The fourth-order valence-electron chi connectivity index (χ4n) is 1.40. The van der Waals surface area contributed by atoms with Gasteiger partial charge in [0, 0.05) is 17.7 Å². The Bertz CT molecular complexity index is 368. The van der Waals surface area contributed by atoms with Gasteiger partial charge in [-0.3, -0.25) is 9.59 Å². The lowest BCUT2D eigenvalue weighted by Crippen LogP contribution is -1.98. The third-order valence-corrected chi connectivity index (χ3v) is 3.60. The van der Waals surface area contributed by atoms with E-state index in [0.29, 0.717) is 19.3 Å². The number of hydrogen-bond acceptors (Lipinski definition) is 3. The van der Waals surface area contributed by atoms with Gasteiger partial charge in [-0.2, -0.15) is 0 Å². The first-order valence-corrected chi connectivity index (χ1v) is 6.29. The van der Waals surface area contributed by atoms with Crippen molar-refractivity contribution in [2.45, 2.75) is 39.0 Å². The number of Topliss-reactive ketones (excluding diaryl/α,β-unsaturated/α-hetero) is 1. The van der Waals surface area contributed by atoms with Crippen molar-refractivity contribution in [2.75, 3.05) is 0 Å². The molecule has 1 aromatic rings. The molecule has 0 saturated heterocycles. The molecule has 0 aliphatic heterocycles. The van der Waals surface area contributed by atoms with Gasteiger partial charge in [-0.1, -0.05) is 6.92 Å². The molecule has 1 rings (SSSR count). The number of carbonyl (C=O) groups excluding carboxylic acids is 1. The number of aliphatic carboxylic acids is 1. The molecule has 4 heteroatoms. The average molecular weight is 240 g/mol. The molecular weight excluding hydrogens is 224 g/mol. The van der Waals surface area contributed by atoms with Crippen LogP contribution in [0, 0.1) is 0 Å². The van der Waals surface area contributed by atoms with E-state index in [1.165, 1.54) is 16.2 Å². The molecule has 1 N–H and O–H groups in total. The Hall–Kier alpha value is -1.16. The SMILES string of the molecule is CCc1ccc(C(=O)CCCCC(=O)O)s1. The summed E-state index contributed by atoms with van der Waals surface area (Å²) < 4.78 is 0. The van der Waals surface area contributed by atoms with Crippen LogP contribution in [0.25, 0.3) is 0 Å². The van der Waals surface area contributed by atoms with E-state index in [4.69, 9.17) is 5.11 Å². The van der Waals surface area contributed by atoms with Crippen molar-refractivity contribution in [2.24, 2.45) is 0 Å². The van der Waals surface area contributed by atoms with Crippen molar-refractivity contribution in [1.29, 1.82) is 0 Å². The average Bonchev–Trinajstić information content (AvgIpc) is 2.72. The standard InChI is InChI=1S/C12H16O3S/c1-2-9-7-8-11(16-9)10(13)5-3-4-6-12(14)15/h7-8H,2-6H2,1H3,(H,14,15). The summed E-state index contributed by atoms with van der Waals surface area (Å²) in [4.78, 5) is 24.0. The first-order valence-electron chi connectivity index (χ1n) is 5.47. The van der Waals surface area contributed by atoms with Crippen LogP contribution >= 0.6 is 11.3 Å². The van der Waals surface area contributed by atoms with Gasteiger partial charge in [-0.25, -0.2) is 0 Å². The van der Waals surface area contributed by atoms with Crippen LogP contribution in [-0.2, 0) is 11.2 Å². The minimum absolute atomic E-state index is 0.134. The Balaban J connectivity index is 2.32. The van der Waals surface area contributed by atoms with Crippen LogP contribution in [-0.4, -0.2) is 16.9 Å². The summed E-state index contributed by atoms with van der Waals surface area (Å²) in [5.74, 6) is -0.660. The third kappa shape index (κ3) is 4.14. The lowest BCUT2D eigenvalue weighted by atomic mass is 10.1. The van der Waals surface area contributed by atoms with Crippen molar-refractivity contribution in [3.8, 4) is 0 Å². The molecular formula is C12H16O3S. The van der Waals surface area contributed by atoms with Crippen LogP contribution in [0.5, 0.6) is 0 Å². The highest BCUT2D eigenvalue weighted by Crippen LogP contribution is 2.19. The molecule has 0 aliphatic rings. The van der Waals surface area contributed by atoms with Crippen molar-refractivity contribution in [3.63, 3.8) is 0 Å². The second-order valence-electron chi connectivity index (χ2n) is 3.64. The molecule has 0 amide bonds. The first-order chi connectivity index (χ1) is 7.63. The lowest BCUT2D eigenvalue weighted by molar-refractivity contribution is -0.137. The number of rotatable bonds is 7. The topological polar surface area (TPSA) is 54.4 Å². The molecule has 0 spiro atoms. The zero-order chi connectivity index (χ0) is 12.0. The van der Waals surface area contributed by atoms with Gasteiger partial charge in [-0.15, -0.1) is 11.3 Å². The van der Waals surface area contributed by atoms with Gasteiger partial charge in [0.05, 0.1) is 4.88 Å². The predicted molar refractivity (Wildman–Crippen MR) is 64.1 cm³/mol. The van der Waals surface area contributed by atoms with E-state index in [9.17, 15) is 9.59 Å². The van der Waals surface area contributed by atoms with Crippen LogP contribution in [0.4, 0.5) is 0 Å². The van der Waals surface area contributed by atoms with Crippen LogP contribution < -0.4 is 0 Å². The Morgan fingerprint density at radius 2 is 1.94 bits per heavy atom. The summed E-state index contributed by atoms with van der Waals surface area (Å²) in [6.07, 6.45) is 2.80. The maximum atomic E-state index is 11.7. The molecule has 0 aliphatic carbocycles. The molecule has 3 nitrogen and oxygen atoms in total. The summed E-state index contributed by atoms with van der Waals surface area (Å²) in [6, 6.07) is 3.85. The largest absolute Gasteiger partial charge is 0.481 e. The van der Waals surface area contributed by atoms with Gasteiger partial charge >= 0.3 is 5.97 Å². The van der Waals surface area contributed by atoms with Crippen LogP contribution in [0.15, 0.2) is 12.1 Å². The minimum Gasteiger partial charge on any atom is -0.481 e. The van der Waals surface area contributed by atoms with Gasteiger partial charge in [0.15, 0.2) is 5.78 Å². The minimum atomic E-state index is -0.795. The lowest BCUT2D eigenvalue weighted by Gasteiger charge is -1.97. The monoisotopic (exact) mass is 240 g/mol. The fraction of sp³-hybridized carbons (Fsp3) is 0.500. The number of carbonyl (C=O) groups is 2. The summed E-state index contributed by atoms with van der Waals surface area (Å²) in [6.45, 7) is 2.06. The normalized spacial score (nSPS) is 10.3. The van der Waals surface area contributed by atoms with Crippen LogP contribution in [0.2, 0.25) is 0 Å². The Morgan fingerprint density at radius 3 is 2.50 bits per heavy atom. The summed E-state index contributed by atoms with van der Waals surface area (Å²) >= 11 is 1.54. The van der Waals surface area contributed by atoms with Gasteiger partial charge in [0.25, 0.3) is 0 Å². The molecule has 0 fully saturated rings. The van der Waals surface area contributed by atoms with Gasteiger partial charge < -0.3 is 5.11 Å². The Labute approximate surface area is 99.1 Å². The van der Waals surface area contributed by atoms with E-state index in [1.54, 1.807) is 0 Å².